The van der Waals surface area contributed by atoms with Crippen molar-refractivity contribution in [3.8, 4) is 0 Å². The molecule has 0 unspecified atom stereocenters. The Morgan fingerprint density at radius 3 is 2.15 bits per heavy atom. The van der Waals surface area contributed by atoms with Gasteiger partial charge in [-0.3, -0.25) is 4.79 Å². The monoisotopic (exact) mass is 397 g/mol. The minimum Gasteiger partial charge on any atom is -0.326 e. The topological polar surface area (TPSA) is 29.1 Å². The summed E-state index contributed by atoms with van der Waals surface area (Å²) in [6.07, 6.45) is -3.42. The van der Waals surface area contributed by atoms with Crippen molar-refractivity contribution < 1.29 is 18.0 Å². The fourth-order valence-electron chi connectivity index (χ4n) is 2.46. The molecule has 2 nitrogen and oxygen atoms in total. The van der Waals surface area contributed by atoms with Crippen molar-refractivity contribution >= 4 is 34.2 Å². The summed E-state index contributed by atoms with van der Waals surface area (Å²) >= 11 is 2.16. The predicted molar refractivity (Wildman–Crippen MR) is 79.3 cm³/mol. The zero-order chi connectivity index (χ0) is 14.8. The molecule has 1 aliphatic rings. The molecule has 2 rings (SSSR count). The van der Waals surface area contributed by atoms with Crippen LogP contribution in [0.3, 0.4) is 0 Å². The number of carbonyl (C=O) groups excluding carboxylic acids is 1. The maximum Gasteiger partial charge on any atom is 0.391 e. The number of anilines is 1. The van der Waals surface area contributed by atoms with Gasteiger partial charge in [0.1, 0.15) is 0 Å². The van der Waals surface area contributed by atoms with Crippen LogP contribution >= 0.6 is 22.6 Å². The van der Waals surface area contributed by atoms with Gasteiger partial charge in [0.05, 0.1) is 5.92 Å². The molecule has 6 heteroatoms. The maximum absolute atomic E-state index is 12.6. The molecule has 0 aliphatic heterocycles. The van der Waals surface area contributed by atoms with Crippen LogP contribution < -0.4 is 5.32 Å². The molecule has 110 valence electrons. The average Bonchev–Trinajstić information content (AvgIpc) is 2.40. The van der Waals surface area contributed by atoms with E-state index in [1.54, 1.807) is 12.1 Å². The highest BCUT2D eigenvalue weighted by atomic mass is 127. The first-order valence-corrected chi connectivity index (χ1v) is 7.57. The number of hydrogen-bond acceptors (Lipinski definition) is 1. The molecule has 0 bridgehead atoms. The third-order valence-electron chi connectivity index (χ3n) is 3.67. The fourth-order valence-corrected chi connectivity index (χ4v) is 2.82. The third kappa shape index (κ3) is 4.10. The van der Waals surface area contributed by atoms with Gasteiger partial charge in [-0.1, -0.05) is 0 Å². The van der Waals surface area contributed by atoms with E-state index in [-0.39, 0.29) is 24.7 Å². The van der Waals surface area contributed by atoms with Gasteiger partial charge in [0.2, 0.25) is 5.91 Å². The second-order valence-corrected chi connectivity index (χ2v) is 6.33. The lowest BCUT2D eigenvalue weighted by molar-refractivity contribution is -0.184. The van der Waals surface area contributed by atoms with Crippen molar-refractivity contribution in [2.24, 2.45) is 11.8 Å². The number of hydrogen-bond donors (Lipinski definition) is 1. The summed E-state index contributed by atoms with van der Waals surface area (Å²) < 4.78 is 38.7. The molecule has 0 aromatic heterocycles. The Balaban J connectivity index is 1.87. The van der Waals surface area contributed by atoms with Gasteiger partial charge in [-0.2, -0.15) is 13.2 Å². The van der Waals surface area contributed by atoms with Crippen LogP contribution in [0.25, 0.3) is 0 Å². The zero-order valence-corrected chi connectivity index (χ0v) is 12.9. The summed E-state index contributed by atoms with van der Waals surface area (Å²) in [5.74, 6) is -1.73. The van der Waals surface area contributed by atoms with E-state index in [0.717, 1.165) is 3.57 Å². The summed E-state index contributed by atoms with van der Waals surface area (Å²) in [7, 11) is 0. The molecule has 1 fully saturated rings. The number of amides is 1. The van der Waals surface area contributed by atoms with Crippen LogP contribution in [-0.2, 0) is 4.79 Å². The quantitative estimate of drug-likeness (QED) is 0.727. The van der Waals surface area contributed by atoms with Gasteiger partial charge in [-0.15, -0.1) is 0 Å². The van der Waals surface area contributed by atoms with Crippen LogP contribution in [-0.4, -0.2) is 12.1 Å². The number of rotatable bonds is 2. The predicted octanol–water partition coefficient (Wildman–Crippen LogP) is 4.60. The molecule has 0 saturated heterocycles. The van der Waals surface area contributed by atoms with E-state index >= 15 is 0 Å². The van der Waals surface area contributed by atoms with Crippen molar-refractivity contribution in [3.05, 3.63) is 27.8 Å². The third-order valence-corrected chi connectivity index (χ3v) is 4.39. The highest BCUT2D eigenvalue weighted by molar-refractivity contribution is 14.1. The largest absolute Gasteiger partial charge is 0.391 e. The Morgan fingerprint density at radius 1 is 1.10 bits per heavy atom. The first-order valence-electron chi connectivity index (χ1n) is 6.49. The summed E-state index contributed by atoms with van der Waals surface area (Å²) in [5.41, 5.74) is 0.688. The smallest absolute Gasteiger partial charge is 0.326 e. The van der Waals surface area contributed by atoms with Crippen molar-refractivity contribution in [2.45, 2.75) is 31.9 Å². The second kappa shape index (κ2) is 6.32. The summed E-state index contributed by atoms with van der Waals surface area (Å²) in [6.45, 7) is 0. The molecule has 1 amide bonds. The Morgan fingerprint density at radius 2 is 1.65 bits per heavy atom. The van der Waals surface area contributed by atoms with Crippen LogP contribution in [0, 0.1) is 15.4 Å². The number of benzene rings is 1. The normalized spacial score (nSPS) is 23.4. The minimum atomic E-state index is -4.13. The lowest BCUT2D eigenvalue weighted by atomic mass is 9.81. The standard InChI is InChI=1S/C14H15F3INO/c15-14(16,17)10-3-1-9(2-4-10)13(20)19-12-7-5-11(18)6-8-12/h5-10H,1-4H2,(H,19,20). The van der Waals surface area contributed by atoms with Crippen LogP contribution in [0.4, 0.5) is 18.9 Å². The first-order chi connectivity index (χ1) is 9.36. The highest BCUT2D eigenvalue weighted by Crippen LogP contribution is 2.39. The van der Waals surface area contributed by atoms with Gasteiger partial charge in [0, 0.05) is 15.2 Å². The van der Waals surface area contributed by atoms with Gasteiger partial charge < -0.3 is 5.32 Å². The molecule has 20 heavy (non-hydrogen) atoms. The van der Waals surface area contributed by atoms with Crippen LogP contribution in [0.15, 0.2) is 24.3 Å². The van der Waals surface area contributed by atoms with Gasteiger partial charge in [0.15, 0.2) is 0 Å². The SMILES string of the molecule is O=C(Nc1ccc(I)cc1)C1CCC(C(F)(F)F)CC1. The molecule has 0 atom stereocenters. The van der Waals surface area contributed by atoms with Gasteiger partial charge >= 0.3 is 6.18 Å². The molecule has 0 radical (unpaired) electrons. The second-order valence-electron chi connectivity index (χ2n) is 5.09. The summed E-state index contributed by atoms with van der Waals surface area (Å²) in [6, 6.07) is 7.33. The van der Waals surface area contributed by atoms with Crippen molar-refractivity contribution in [1.29, 1.82) is 0 Å². The Labute approximate surface area is 129 Å². The minimum absolute atomic E-state index is 0.0499. The van der Waals surface area contributed by atoms with E-state index in [4.69, 9.17) is 0 Å². The molecule has 1 aromatic rings. The summed E-state index contributed by atoms with van der Waals surface area (Å²) in [4.78, 5) is 12.0. The molecule has 0 spiro atoms. The maximum atomic E-state index is 12.6. The number of nitrogens with one attached hydrogen (secondary N) is 1. The Bertz CT molecular complexity index is 464. The van der Waals surface area contributed by atoms with E-state index in [0.29, 0.717) is 18.5 Å². The molecule has 1 aliphatic carbocycles. The first kappa shape index (κ1) is 15.6. The summed E-state index contributed by atoms with van der Waals surface area (Å²) in [5, 5.41) is 2.77. The zero-order valence-electron chi connectivity index (χ0n) is 10.7. The van der Waals surface area contributed by atoms with Crippen LogP contribution in [0.2, 0.25) is 0 Å². The van der Waals surface area contributed by atoms with E-state index in [9.17, 15) is 18.0 Å². The van der Waals surface area contributed by atoms with Crippen molar-refractivity contribution in [1.82, 2.24) is 0 Å². The van der Waals surface area contributed by atoms with Crippen LogP contribution in [0.5, 0.6) is 0 Å². The number of alkyl halides is 3. The van der Waals surface area contributed by atoms with E-state index in [1.807, 2.05) is 12.1 Å². The van der Waals surface area contributed by atoms with Crippen LogP contribution in [0.1, 0.15) is 25.7 Å². The Hall–Kier alpha value is -0.790. The van der Waals surface area contributed by atoms with Gasteiger partial charge in [-0.25, -0.2) is 0 Å². The number of carbonyl (C=O) groups is 1. The Kier molecular flexibility index (Phi) is 4.93. The molecule has 1 aromatic carbocycles. The lowest BCUT2D eigenvalue weighted by Gasteiger charge is -2.29. The molecule has 1 saturated carbocycles. The van der Waals surface area contributed by atoms with Gasteiger partial charge in [0.25, 0.3) is 0 Å². The average molecular weight is 397 g/mol. The fraction of sp³-hybridized carbons (Fsp3) is 0.500. The lowest BCUT2D eigenvalue weighted by Crippen LogP contribution is -2.32. The van der Waals surface area contributed by atoms with E-state index in [1.165, 1.54) is 0 Å². The molecule has 0 heterocycles. The molecular formula is C14H15F3INO. The van der Waals surface area contributed by atoms with Crippen molar-refractivity contribution in [3.63, 3.8) is 0 Å². The van der Waals surface area contributed by atoms with Gasteiger partial charge in [-0.05, 0) is 72.5 Å². The molecular weight excluding hydrogens is 382 g/mol. The van der Waals surface area contributed by atoms with Crippen molar-refractivity contribution in [2.75, 3.05) is 5.32 Å². The molecule has 1 N–H and O–H groups in total. The van der Waals surface area contributed by atoms with E-state index in [2.05, 4.69) is 27.9 Å². The van der Waals surface area contributed by atoms with E-state index < -0.39 is 12.1 Å². The highest BCUT2D eigenvalue weighted by Gasteiger charge is 2.42. The number of halogens is 4.